The summed E-state index contributed by atoms with van der Waals surface area (Å²) >= 11 is 0. The van der Waals surface area contributed by atoms with E-state index in [9.17, 15) is 9.59 Å². The van der Waals surface area contributed by atoms with Gasteiger partial charge in [0, 0.05) is 5.56 Å². The van der Waals surface area contributed by atoms with Crippen LogP contribution in [0.5, 0.6) is 5.75 Å². The maximum atomic E-state index is 11.5. The summed E-state index contributed by atoms with van der Waals surface area (Å²) in [5, 5.41) is 4.46. The van der Waals surface area contributed by atoms with Crippen molar-refractivity contribution in [2.45, 2.75) is 38.9 Å². The molecule has 1 fully saturated rings. The fourth-order valence-electron chi connectivity index (χ4n) is 3.99. The highest BCUT2D eigenvalue weighted by Gasteiger charge is 2.31. The van der Waals surface area contributed by atoms with Crippen molar-refractivity contribution in [3.63, 3.8) is 0 Å². The number of hydrogen-bond donors (Lipinski definition) is 1. The highest BCUT2D eigenvalue weighted by atomic mass is 16.6. The van der Waals surface area contributed by atoms with Gasteiger partial charge in [0.2, 0.25) is 5.89 Å². The SMILES string of the molecule is Cc1oc(-c2ccc3ccccc3c2)nc1COc1ccc(CCCC2OC(=O)NC2=O)cc1. The fraction of sp³-hybridized carbons (Fsp3) is 0.222. The van der Waals surface area contributed by atoms with Crippen LogP contribution >= 0.6 is 0 Å². The summed E-state index contributed by atoms with van der Waals surface area (Å²) in [5.41, 5.74) is 2.81. The lowest BCUT2D eigenvalue weighted by Gasteiger charge is -2.08. The van der Waals surface area contributed by atoms with Crippen LogP contribution in [-0.4, -0.2) is 23.1 Å². The van der Waals surface area contributed by atoms with E-state index in [2.05, 4.69) is 34.6 Å². The Hall–Kier alpha value is -4.13. The Balaban J connectivity index is 1.16. The van der Waals surface area contributed by atoms with Crippen molar-refractivity contribution in [1.82, 2.24) is 10.3 Å². The first-order valence-corrected chi connectivity index (χ1v) is 11.2. The summed E-state index contributed by atoms with van der Waals surface area (Å²) in [6, 6.07) is 22.2. The Morgan fingerprint density at radius 2 is 1.79 bits per heavy atom. The van der Waals surface area contributed by atoms with Crippen LogP contribution in [0.4, 0.5) is 4.79 Å². The van der Waals surface area contributed by atoms with E-state index in [4.69, 9.17) is 13.9 Å². The van der Waals surface area contributed by atoms with E-state index in [1.165, 1.54) is 5.39 Å². The van der Waals surface area contributed by atoms with Gasteiger partial charge in [-0.15, -0.1) is 0 Å². The van der Waals surface area contributed by atoms with E-state index in [0.29, 0.717) is 18.9 Å². The number of amides is 2. The maximum Gasteiger partial charge on any atom is 0.414 e. The molecule has 7 heteroatoms. The first-order valence-electron chi connectivity index (χ1n) is 11.2. The van der Waals surface area contributed by atoms with Crippen LogP contribution in [0.3, 0.4) is 0 Å². The first-order chi connectivity index (χ1) is 16.5. The molecule has 1 unspecified atom stereocenters. The molecule has 1 atom stereocenters. The molecule has 2 heterocycles. The number of benzene rings is 3. The largest absolute Gasteiger partial charge is 0.487 e. The van der Waals surface area contributed by atoms with Gasteiger partial charge in [-0.2, -0.15) is 0 Å². The molecule has 0 aliphatic carbocycles. The van der Waals surface area contributed by atoms with Crippen molar-refractivity contribution in [2.24, 2.45) is 0 Å². The van der Waals surface area contributed by atoms with Crippen LogP contribution in [0.15, 0.2) is 71.1 Å². The van der Waals surface area contributed by atoms with E-state index in [1.807, 2.05) is 49.4 Å². The van der Waals surface area contributed by atoms with Gasteiger partial charge in [-0.1, -0.05) is 42.5 Å². The summed E-state index contributed by atoms with van der Waals surface area (Å²) in [5.74, 6) is 1.69. The van der Waals surface area contributed by atoms with Crippen LogP contribution in [0.1, 0.15) is 29.9 Å². The standard InChI is InChI=1S/C27H24N2O5/c1-17-23(28-26(33-17)21-12-11-19-6-2-3-7-20(19)15-21)16-32-22-13-9-18(10-14-22)5-4-8-24-25(30)29-27(31)34-24/h2-3,6-7,9-15,24H,4-5,8,16H2,1H3,(H,29,30,31). The van der Waals surface area contributed by atoms with Crippen molar-refractivity contribution in [2.75, 3.05) is 0 Å². The maximum absolute atomic E-state index is 11.5. The second kappa shape index (κ2) is 9.39. The van der Waals surface area contributed by atoms with Gasteiger partial charge >= 0.3 is 6.09 Å². The van der Waals surface area contributed by atoms with Gasteiger partial charge < -0.3 is 13.9 Å². The van der Waals surface area contributed by atoms with E-state index < -0.39 is 12.2 Å². The summed E-state index contributed by atoms with van der Waals surface area (Å²) in [4.78, 5) is 27.2. The van der Waals surface area contributed by atoms with Gasteiger partial charge in [-0.25, -0.2) is 9.78 Å². The second-order valence-electron chi connectivity index (χ2n) is 8.29. The molecule has 2 amide bonds. The molecule has 1 saturated heterocycles. The number of rotatable bonds is 8. The smallest absolute Gasteiger partial charge is 0.414 e. The number of carbonyl (C=O) groups is 2. The summed E-state index contributed by atoms with van der Waals surface area (Å²) in [7, 11) is 0. The zero-order valence-electron chi connectivity index (χ0n) is 18.7. The normalized spacial score (nSPS) is 15.4. The molecule has 4 aromatic rings. The molecule has 1 aliphatic heterocycles. The number of aromatic nitrogens is 1. The van der Waals surface area contributed by atoms with Crippen LogP contribution in [-0.2, 0) is 22.6 Å². The molecule has 0 bridgehead atoms. The zero-order valence-corrected chi connectivity index (χ0v) is 18.7. The molecule has 1 aromatic heterocycles. The van der Waals surface area contributed by atoms with E-state index in [-0.39, 0.29) is 5.91 Å². The van der Waals surface area contributed by atoms with Gasteiger partial charge in [0.15, 0.2) is 6.10 Å². The van der Waals surface area contributed by atoms with Crippen LogP contribution < -0.4 is 10.1 Å². The Bertz CT molecular complexity index is 1340. The number of ether oxygens (including phenoxy) is 2. The molecule has 5 rings (SSSR count). The predicted octanol–water partition coefficient (Wildman–Crippen LogP) is 5.34. The molecule has 3 aromatic carbocycles. The number of cyclic esters (lactones) is 1. The summed E-state index contributed by atoms with van der Waals surface area (Å²) in [6.07, 6.45) is 0.671. The number of oxazole rings is 1. The van der Waals surface area contributed by atoms with E-state index in [0.717, 1.165) is 46.6 Å². The number of hydrogen-bond acceptors (Lipinski definition) is 6. The minimum absolute atomic E-state index is 0.310. The Kier molecular flexibility index (Phi) is 5.99. The van der Waals surface area contributed by atoms with Crippen LogP contribution in [0.2, 0.25) is 0 Å². The Labute approximate surface area is 196 Å². The lowest BCUT2D eigenvalue weighted by Crippen LogP contribution is -2.24. The van der Waals surface area contributed by atoms with Crippen molar-refractivity contribution < 1.29 is 23.5 Å². The molecular formula is C27H24N2O5. The molecular weight excluding hydrogens is 432 g/mol. The minimum atomic E-state index is -0.680. The molecule has 34 heavy (non-hydrogen) atoms. The number of alkyl carbamates (subject to hydrolysis) is 1. The molecule has 1 aliphatic rings. The molecule has 0 spiro atoms. The van der Waals surface area contributed by atoms with E-state index in [1.54, 1.807) is 0 Å². The van der Waals surface area contributed by atoms with Crippen molar-refractivity contribution >= 4 is 22.8 Å². The molecule has 172 valence electrons. The highest BCUT2D eigenvalue weighted by molar-refractivity contribution is 5.99. The van der Waals surface area contributed by atoms with Gasteiger partial charge in [0.1, 0.15) is 23.8 Å². The molecule has 0 saturated carbocycles. The van der Waals surface area contributed by atoms with Gasteiger partial charge in [0.05, 0.1) is 0 Å². The highest BCUT2D eigenvalue weighted by Crippen LogP contribution is 2.26. The Morgan fingerprint density at radius 3 is 2.56 bits per heavy atom. The predicted molar refractivity (Wildman–Crippen MR) is 126 cm³/mol. The third-order valence-corrected chi connectivity index (χ3v) is 5.89. The number of imide groups is 1. The lowest BCUT2D eigenvalue weighted by atomic mass is 10.1. The van der Waals surface area contributed by atoms with Crippen molar-refractivity contribution in [3.05, 3.63) is 83.7 Å². The monoisotopic (exact) mass is 456 g/mol. The zero-order chi connectivity index (χ0) is 23.5. The third-order valence-electron chi connectivity index (χ3n) is 5.89. The molecule has 1 N–H and O–H groups in total. The van der Waals surface area contributed by atoms with Crippen LogP contribution in [0, 0.1) is 6.92 Å². The lowest BCUT2D eigenvalue weighted by molar-refractivity contribution is -0.123. The summed E-state index contributed by atoms with van der Waals surface area (Å²) in [6.45, 7) is 2.20. The van der Waals surface area contributed by atoms with Crippen molar-refractivity contribution in [1.29, 1.82) is 0 Å². The Morgan fingerprint density at radius 1 is 1.00 bits per heavy atom. The quantitative estimate of drug-likeness (QED) is 0.385. The van der Waals surface area contributed by atoms with Crippen molar-refractivity contribution in [3.8, 4) is 17.2 Å². The number of carbonyl (C=O) groups excluding carboxylic acids is 2. The van der Waals surface area contributed by atoms with Gasteiger partial charge in [0.25, 0.3) is 5.91 Å². The number of aryl methyl sites for hydroxylation is 2. The van der Waals surface area contributed by atoms with Gasteiger partial charge in [-0.3, -0.25) is 10.1 Å². The minimum Gasteiger partial charge on any atom is -0.487 e. The number of nitrogens with zero attached hydrogens (tertiary/aromatic N) is 1. The second-order valence-corrected chi connectivity index (χ2v) is 8.29. The third kappa shape index (κ3) is 4.78. The first kappa shape index (κ1) is 21.7. The molecule has 7 nitrogen and oxygen atoms in total. The van der Waals surface area contributed by atoms with Gasteiger partial charge in [-0.05, 0) is 66.8 Å². The topological polar surface area (TPSA) is 90.7 Å². The van der Waals surface area contributed by atoms with Crippen LogP contribution in [0.25, 0.3) is 22.2 Å². The van der Waals surface area contributed by atoms with E-state index >= 15 is 0 Å². The molecule has 0 radical (unpaired) electrons. The average Bonchev–Trinajstić information content (AvgIpc) is 3.38. The number of nitrogens with one attached hydrogen (secondary N) is 1. The number of fused-ring (bicyclic) bond motifs is 1. The average molecular weight is 456 g/mol. The summed E-state index contributed by atoms with van der Waals surface area (Å²) < 4.78 is 16.8. The fourth-order valence-corrected chi connectivity index (χ4v) is 3.99.